The maximum absolute atomic E-state index is 5.72. The maximum atomic E-state index is 5.72. The Kier molecular flexibility index (Phi) is 2.54. The van der Waals surface area contributed by atoms with Crippen LogP contribution in [0.25, 0.3) is 6.08 Å². The fourth-order valence-electron chi connectivity index (χ4n) is 1.27. The number of aryl methyl sites for hydroxylation is 1. The molecule has 0 unspecified atom stereocenters. The molecule has 1 heteroatoms. The van der Waals surface area contributed by atoms with Crippen LogP contribution in [0, 0.1) is 13.8 Å². The highest BCUT2D eigenvalue weighted by Gasteiger charge is 1.98. The second-order valence-electron chi connectivity index (χ2n) is 3.05. The Morgan fingerprint density at radius 1 is 1.25 bits per heavy atom. The smallest absolute Gasteiger partial charge is 0.0322 e. The molecule has 0 amide bonds. The summed E-state index contributed by atoms with van der Waals surface area (Å²) in [7, 11) is 0. The first-order chi connectivity index (χ1) is 5.65. The minimum Gasteiger partial charge on any atom is -0.399 e. The normalized spacial score (nSPS) is 10.9. The van der Waals surface area contributed by atoms with Gasteiger partial charge in [0.2, 0.25) is 0 Å². The molecule has 1 aromatic carbocycles. The summed E-state index contributed by atoms with van der Waals surface area (Å²) in [6.45, 7) is 6.21. The van der Waals surface area contributed by atoms with Crippen molar-refractivity contribution in [3.8, 4) is 0 Å². The van der Waals surface area contributed by atoms with E-state index >= 15 is 0 Å². The third-order valence-corrected chi connectivity index (χ3v) is 2.08. The van der Waals surface area contributed by atoms with Crippen LogP contribution in [0.1, 0.15) is 23.6 Å². The molecule has 0 spiro atoms. The molecule has 1 aromatic rings. The van der Waals surface area contributed by atoms with Crippen LogP contribution in [0.4, 0.5) is 5.69 Å². The van der Waals surface area contributed by atoms with Crippen molar-refractivity contribution in [1.82, 2.24) is 0 Å². The molecule has 64 valence electrons. The van der Waals surface area contributed by atoms with Gasteiger partial charge in [0.25, 0.3) is 0 Å². The van der Waals surface area contributed by atoms with Crippen molar-refractivity contribution in [2.75, 3.05) is 5.73 Å². The molecule has 0 aliphatic rings. The van der Waals surface area contributed by atoms with Crippen LogP contribution >= 0.6 is 0 Å². The lowest BCUT2D eigenvalue weighted by atomic mass is 10.0. The summed E-state index contributed by atoms with van der Waals surface area (Å²) in [5.74, 6) is 0. The molecule has 0 aliphatic heterocycles. The fraction of sp³-hybridized carbons (Fsp3) is 0.273. The molecule has 2 N–H and O–H groups in total. The molecule has 0 aliphatic carbocycles. The van der Waals surface area contributed by atoms with Crippen molar-refractivity contribution in [2.24, 2.45) is 0 Å². The van der Waals surface area contributed by atoms with E-state index in [1.54, 1.807) is 0 Å². The predicted octanol–water partition coefficient (Wildman–Crippen LogP) is 2.92. The molecule has 0 atom stereocenters. The van der Waals surface area contributed by atoms with Gasteiger partial charge in [0.1, 0.15) is 0 Å². The molecule has 1 rings (SSSR count). The van der Waals surface area contributed by atoms with Gasteiger partial charge >= 0.3 is 0 Å². The maximum Gasteiger partial charge on any atom is 0.0322 e. The Bertz CT molecular complexity index is 311. The molecule has 0 saturated carbocycles. The largest absolute Gasteiger partial charge is 0.399 e. The highest BCUT2D eigenvalue weighted by Crippen LogP contribution is 2.18. The zero-order valence-corrected chi connectivity index (χ0v) is 7.89. The lowest BCUT2D eigenvalue weighted by Crippen LogP contribution is -1.91. The van der Waals surface area contributed by atoms with Crippen LogP contribution in [0.5, 0.6) is 0 Å². The molecule has 0 saturated heterocycles. The van der Waals surface area contributed by atoms with E-state index in [0.717, 1.165) is 5.69 Å². The number of hydrogen-bond acceptors (Lipinski definition) is 1. The Morgan fingerprint density at radius 3 is 2.50 bits per heavy atom. The molecular weight excluding hydrogens is 146 g/mol. The van der Waals surface area contributed by atoms with E-state index in [-0.39, 0.29) is 0 Å². The molecule has 0 bridgehead atoms. The molecule has 0 heterocycles. The van der Waals surface area contributed by atoms with E-state index < -0.39 is 0 Å². The summed E-state index contributed by atoms with van der Waals surface area (Å²) in [6, 6.07) is 4.00. The van der Waals surface area contributed by atoms with Crippen LogP contribution < -0.4 is 5.73 Å². The lowest BCUT2D eigenvalue weighted by molar-refractivity contribution is 1.33. The van der Waals surface area contributed by atoms with Crippen LogP contribution in [-0.2, 0) is 0 Å². The second kappa shape index (κ2) is 3.44. The van der Waals surface area contributed by atoms with Gasteiger partial charge in [-0.25, -0.2) is 0 Å². The van der Waals surface area contributed by atoms with Crippen LogP contribution in [0.3, 0.4) is 0 Å². The van der Waals surface area contributed by atoms with E-state index in [1.807, 2.05) is 25.1 Å². The third-order valence-electron chi connectivity index (χ3n) is 2.08. The fourth-order valence-corrected chi connectivity index (χ4v) is 1.27. The van der Waals surface area contributed by atoms with Crippen molar-refractivity contribution >= 4 is 11.8 Å². The Labute approximate surface area is 73.9 Å². The van der Waals surface area contributed by atoms with Crippen molar-refractivity contribution < 1.29 is 0 Å². The van der Waals surface area contributed by atoms with Gasteiger partial charge in [0.05, 0.1) is 0 Å². The van der Waals surface area contributed by atoms with Gasteiger partial charge in [-0.3, -0.25) is 0 Å². The second-order valence-corrected chi connectivity index (χ2v) is 3.05. The summed E-state index contributed by atoms with van der Waals surface area (Å²) in [4.78, 5) is 0. The van der Waals surface area contributed by atoms with E-state index in [9.17, 15) is 0 Å². The van der Waals surface area contributed by atoms with Gasteiger partial charge in [0, 0.05) is 5.69 Å². The van der Waals surface area contributed by atoms with Gasteiger partial charge in [-0.15, -0.1) is 0 Å². The standard InChI is InChI=1S/C11H15N/c1-4-5-10-7-11(12)6-8(2)9(10)3/h4-7H,12H2,1-3H3/b5-4-. The van der Waals surface area contributed by atoms with Crippen LogP contribution in [0.15, 0.2) is 18.2 Å². The third kappa shape index (κ3) is 1.67. The summed E-state index contributed by atoms with van der Waals surface area (Å²) in [6.07, 6.45) is 4.11. The zero-order valence-electron chi connectivity index (χ0n) is 7.89. The van der Waals surface area contributed by atoms with Gasteiger partial charge in [-0.2, -0.15) is 0 Å². The summed E-state index contributed by atoms with van der Waals surface area (Å²) >= 11 is 0. The van der Waals surface area contributed by atoms with E-state index in [0.29, 0.717) is 0 Å². The number of rotatable bonds is 1. The number of anilines is 1. The number of hydrogen-bond donors (Lipinski definition) is 1. The average Bonchev–Trinajstić information content (AvgIpc) is 2.00. The highest BCUT2D eigenvalue weighted by atomic mass is 14.5. The average molecular weight is 161 g/mol. The number of nitrogens with two attached hydrogens (primary N) is 1. The minimum absolute atomic E-state index is 0.839. The summed E-state index contributed by atoms with van der Waals surface area (Å²) < 4.78 is 0. The number of nitrogen functional groups attached to an aromatic ring is 1. The first-order valence-electron chi connectivity index (χ1n) is 4.14. The van der Waals surface area contributed by atoms with E-state index in [1.165, 1.54) is 16.7 Å². The molecule has 0 fully saturated rings. The SMILES string of the molecule is C/C=C\c1cc(N)cc(C)c1C. The molecule has 1 nitrogen and oxygen atoms in total. The summed E-state index contributed by atoms with van der Waals surface area (Å²) in [5, 5.41) is 0. The zero-order chi connectivity index (χ0) is 9.14. The lowest BCUT2D eigenvalue weighted by Gasteiger charge is -2.05. The minimum atomic E-state index is 0.839. The van der Waals surface area contributed by atoms with E-state index in [4.69, 9.17) is 5.73 Å². The van der Waals surface area contributed by atoms with Crippen LogP contribution in [-0.4, -0.2) is 0 Å². The van der Waals surface area contributed by atoms with Crippen molar-refractivity contribution in [3.63, 3.8) is 0 Å². The first kappa shape index (κ1) is 8.85. The first-order valence-corrected chi connectivity index (χ1v) is 4.14. The Balaban J connectivity index is 3.27. The van der Waals surface area contributed by atoms with Crippen LogP contribution in [0.2, 0.25) is 0 Å². The van der Waals surface area contributed by atoms with Gasteiger partial charge in [0.15, 0.2) is 0 Å². The van der Waals surface area contributed by atoms with Gasteiger partial charge in [-0.05, 0) is 49.6 Å². The monoisotopic (exact) mass is 161 g/mol. The van der Waals surface area contributed by atoms with Gasteiger partial charge in [-0.1, -0.05) is 12.2 Å². The number of allylic oxidation sites excluding steroid dienone is 1. The van der Waals surface area contributed by atoms with Crippen molar-refractivity contribution in [2.45, 2.75) is 20.8 Å². The van der Waals surface area contributed by atoms with Crippen molar-refractivity contribution in [3.05, 3.63) is 34.9 Å². The molecule has 0 aromatic heterocycles. The number of benzene rings is 1. The molecule has 12 heavy (non-hydrogen) atoms. The topological polar surface area (TPSA) is 26.0 Å². The molecule has 0 radical (unpaired) electrons. The molecular formula is C11H15N. The van der Waals surface area contributed by atoms with Gasteiger partial charge < -0.3 is 5.73 Å². The summed E-state index contributed by atoms with van der Waals surface area (Å²) in [5.41, 5.74) is 10.3. The Morgan fingerprint density at radius 2 is 1.92 bits per heavy atom. The predicted molar refractivity (Wildman–Crippen MR) is 55.0 cm³/mol. The van der Waals surface area contributed by atoms with E-state index in [2.05, 4.69) is 19.9 Å². The quantitative estimate of drug-likeness (QED) is 0.630. The highest BCUT2D eigenvalue weighted by molar-refractivity contribution is 5.61. The van der Waals surface area contributed by atoms with Crippen molar-refractivity contribution in [1.29, 1.82) is 0 Å². The Hall–Kier alpha value is -1.24.